The topological polar surface area (TPSA) is 95.6 Å². The van der Waals surface area contributed by atoms with E-state index in [1.807, 2.05) is 13.8 Å². The van der Waals surface area contributed by atoms with Crippen LogP contribution in [-0.4, -0.2) is 46.8 Å². The second kappa shape index (κ2) is 7.46. The molecule has 9 heteroatoms. The monoisotopic (exact) mass is 401 g/mol. The molecule has 0 bridgehead atoms. The van der Waals surface area contributed by atoms with Gasteiger partial charge in [-0.05, 0) is 43.4 Å². The van der Waals surface area contributed by atoms with Gasteiger partial charge in [0.2, 0.25) is 20.0 Å². The third-order valence-electron chi connectivity index (χ3n) is 4.81. The van der Waals surface area contributed by atoms with Crippen LogP contribution in [0.3, 0.4) is 0 Å². The Kier molecular flexibility index (Phi) is 5.62. The Hall–Kier alpha value is -1.16. The molecule has 1 fully saturated rings. The van der Waals surface area contributed by atoms with Crippen LogP contribution in [-0.2, 0) is 20.0 Å². The van der Waals surface area contributed by atoms with E-state index in [1.165, 1.54) is 16.4 Å². The molecule has 1 atom stereocenters. The minimum atomic E-state index is -3.78. The van der Waals surface area contributed by atoms with Gasteiger partial charge in [-0.25, -0.2) is 21.6 Å². The van der Waals surface area contributed by atoms with Gasteiger partial charge in [0.05, 0.1) is 10.6 Å². The van der Waals surface area contributed by atoms with Crippen LogP contribution in [0.25, 0.3) is 0 Å². The van der Waals surface area contributed by atoms with Gasteiger partial charge in [0.25, 0.3) is 0 Å². The first-order valence-corrected chi connectivity index (χ1v) is 12.0. The predicted octanol–water partition coefficient (Wildman–Crippen LogP) is 1.98. The van der Waals surface area contributed by atoms with Crippen molar-refractivity contribution in [1.29, 1.82) is 0 Å². The van der Waals surface area contributed by atoms with Gasteiger partial charge < -0.3 is 5.32 Å². The maximum absolute atomic E-state index is 12.9. The van der Waals surface area contributed by atoms with E-state index in [2.05, 4.69) is 10.0 Å². The van der Waals surface area contributed by atoms with Crippen molar-refractivity contribution in [3.05, 3.63) is 18.2 Å². The Morgan fingerprint density at radius 3 is 2.54 bits per heavy atom. The Morgan fingerprint density at radius 1 is 1.19 bits per heavy atom. The van der Waals surface area contributed by atoms with Crippen LogP contribution >= 0.6 is 0 Å². The number of hydrogen-bond donors (Lipinski definition) is 2. The van der Waals surface area contributed by atoms with E-state index in [4.69, 9.17) is 0 Å². The predicted molar refractivity (Wildman–Crippen MR) is 101 cm³/mol. The van der Waals surface area contributed by atoms with Crippen molar-refractivity contribution in [2.24, 2.45) is 5.92 Å². The standard InChI is InChI=1S/C17H27N3O4S2/c1-13(2)10-14-12-18-16-7-6-15(11-17(16)25(21,22)19-14)26(23,24)20-8-4-3-5-9-20/h6-7,11,13-14,18-19H,3-5,8-10,12H2,1-2H3. The third kappa shape index (κ3) is 4.05. The summed E-state index contributed by atoms with van der Waals surface area (Å²) in [5.74, 6) is 0.348. The molecule has 0 amide bonds. The zero-order valence-corrected chi connectivity index (χ0v) is 16.9. The second-order valence-corrected chi connectivity index (χ2v) is 11.1. The lowest BCUT2D eigenvalue weighted by molar-refractivity contribution is 0.346. The minimum absolute atomic E-state index is 0.00170. The molecule has 2 N–H and O–H groups in total. The maximum atomic E-state index is 12.9. The molecule has 1 aromatic rings. The quantitative estimate of drug-likeness (QED) is 0.804. The lowest BCUT2D eigenvalue weighted by atomic mass is 10.0. The van der Waals surface area contributed by atoms with Crippen LogP contribution < -0.4 is 10.0 Å². The highest BCUT2D eigenvalue weighted by Crippen LogP contribution is 2.30. The zero-order valence-electron chi connectivity index (χ0n) is 15.2. The molecule has 0 radical (unpaired) electrons. The summed E-state index contributed by atoms with van der Waals surface area (Å²) in [5.41, 5.74) is 0.446. The second-order valence-electron chi connectivity index (χ2n) is 7.45. The third-order valence-corrected chi connectivity index (χ3v) is 8.27. The smallest absolute Gasteiger partial charge is 0.243 e. The summed E-state index contributed by atoms with van der Waals surface area (Å²) >= 11 is 0. The summed E-state index contributed by atoms with van der Waals surface area (Å²) < 4.78 is 55.5. The highest BCUT2D eigenvalue weighted by atomic mass is 32.2. The van der Waals surface area contributed by atoms with Crippen LogP contribution in [0.15, 0.2) is 28.0 Å². The molecule has 146 valence electrons. The Bertz CT molecular complexity index is 860. The summed E-state index contributed by atoms with van der Waals surface area (Å²) in [7, 11) is -7.46. The molecule has 0 spiro atoms. The van der Waals surface area contributed by atoms with Crippen molar-refractivity contribution in [2.75, 3.05) is 25.0 Å². The van der Waals surface area contributed by atoms with Gasteiger partial charge in [-0.1, -0.05) is 20.3 Å². The van der Waals surface area contributed by atoms with Crippen molar-refractivity contribution < 1.29 is 16.8 Å². The summed E-state index contributed by atoms with van der Waals surface area (Å²) in [6, 6.07) is 4.11. The van der Waals surface area contributed by atoms with Gasteiger partial charge in [-0.2, -0.15) is 4.31 Å². The number of benzene rings is 1. The average molecular weight is 402 g/mol. The van der Waals surface area contributed by atoms with E-state index in [0.717, 1.165) is 19.3 Å². The molecule has 1 aromatic carbocycles. The molecule has 0 saturated carbocycles. The number of fused-ring (bicyclic) bond motifs is 1. The molecule has 2 aliphatic rings. The fourth-order valence-corrected chi connectivity index (χ4v) is 6.62. The normalized spacial score (nSPS) is 23.9. The van der Waals surface area contributed by atoms with Crippen molar-refractivity contribution in [3.63, 3.8) is 0 Å². The number of anilines is 1. The summed E-state index contributed by atoms with van der Waals surface area (Å²) in [6.45, 7) is 5.52. The molecule has 0 aliphatic carbocycles. The van der Waals surface area contributed by atoms with Gasteiger partial charge in [-0.15, -0.1) is 0 Å². The van der Waals surface area contributed by atoms with Gasteiger partial charge in [-0.3, -0.25) is 0 Å². The Morgan fingerprint density at radius 2 is 1.88 bits per heavy atom. The van der Waals surface area contributed by atoms with E-state index >= 15 is 0 Å². The molecule has 7 nitrogen and oxygen atoms in total. The van der Waals surface area contributed by atoms with E-state index in [9.17, 15) is 16.8 Å². The van der Waals surface area contributed by atoms with Crippen molar-refractivity contribution in [1.82, 2.24) is 9.03 Å². The van der Waals surface area contributed by atoms with Crippen molar-refractivity contribution in [2.45, 2.75) is 55.4 Å². The van der Waals surface area contributed by atoms with E-state index in [0.29, 0.717) is 37.7 Å². The molecule has 1 saturated heterocycles. The van der Waals surface area contributed by atoms with Crippen LogP contribution in [0.5, 0.6) is 0 Å². The lowest BCUT2D eigenvalue weighted by Gasteiger charge is -2.26. The number of hydrogen-bond acceptors (Lipinski definition) is 5. The number of nitrogens with one attached hydrogen (secondary N) is 2. The molecule has 2 aliphatic heterocycles. The SMILES string of the molecule is CC(C)CC1CNc2ccc(S(=O)(=O)N3CCCCC3)cc2S(=O)(=O)N1. The lowest BCUT2D eigenvalue weighted by Crippen LogP contribution is -2.38. The summed E-state index contributed by atoms with van der Waals surface area (Å²) in [4.78, 5) is 0.0366. The number of sulfonamides is 2. The van der Waals surface area contributed by atoms with Crippen LogP contribution in [0.4, 0.5) is 5.69 Å². The summed E-state index contributed by atoms with van der Waals surface area (Å²) in [6.07, 6.45) is 3.40. The number of nitrogens with zero attached hydrogens (tertiary/aromatic N) is 1. The first-order chi connectivity index (χ1) is 12.2. The van der Waals surface area contributed by atoms with Crippen molar-refractivity contribution in [3.8, 4) is 0 Å². The fourth-order valence-electron chi connectivity index (χ4n) is 3.54. The van der Waals surface area contributed by atoms with Gasteiger partial charge >= 0.3 is 0 Å². The first-order valence-electron chi connectivity index (χ1n) is 9.10. The Labute approximate surface area is 156 Å². The van der Waals surface area contributed by atoms with Gasteiger partial charge in [0, 0.05) is 25.7 Å². The molecule has 3 rings (SSSR count). The number of piperidine rings is 1. The van der Waals surface area contributed by atoms with E-state index in [-0.39, 0.29) is 15.8 Å². The average Bonchev–Trinajstić information content (AvgIpc) is 2.71. The highest BCUT2D eigenvalue weighted by molar-refractivity contribution is 7.90. The van der Waals surface area contributed by atoms with Gasteiger partial charge in [0.15, 0.2) is 0 Å². The maximum Gasteiger partial charge on any atom is 0.243 e. The van der Waals surface area contributed by atoms with Crippen LogP contribution in [0, 0.1) is 5.92 Å². The van der Waals surface area contributed by atoms with Gasteiger partial charge in [0.1, 0.15) is 4.90 Å². The summed E-state index contributed by atoms with van der Waals surface area (Å²) in [5, 5.41) is 3.14. The molecular formula is C17H27N3O4S2. The molecular weight excluding hydrogens is 374 g/mol. The molecule has 26 heavy (non-hydrogen) atoms. The van der Waals surface area contributed by atoms with E-state index in [1.54, 1.807) is 6.07 Å². The molecule has 2 heterocycles. The van der Waals surface area contributed by atoms with Crippen LogP contribution in [0.2, 0.25) is 0 Å². The van der Waals surface area contributed by atoms with Crippen molar-refractivity contribution >= 4 is 25.7 Å². The first kappa shape index (κ1) is 19.6. The number of rotatable bonds is 4. The zero-order chi connectivity index (χ0) is 18.9. The van der Waals surface area contributed by atoms with Crippen LogP contribution in [0.1, 0.15) is 39.5 Å². The van der Waals surface area contributed by atoms with E-state index < -0.39 is 20.0 Å². The minimum Gasteiger partial charge on any atom is -0.382 e. The molecule has 1 unspecified atom stereocenters. The Balaban J connectivity index is 1.95. The largest absolute Gasteiger partial charge is 0.382 e. The molecule has 0 aromatic heterocycles. The highest BCUT2D eigenvalue weighted by Gasteiger charge is 2.31. The fraction of sp³-hybridized carbons (Fsp3) is 0.647.